The van der Waals surface area contributed by atoms with Crippen LogP contribution in [0, 0.1) is 0 Å². The maximum atomic E-state index is 5.32. The fourth-order valence-corrected chi connectivity index (χ4v) is 3.45. The zero-order chi connectivity index (χ0) is 13.1. The fourth-order valence-electron chi connectivity index (χ4n) is 3.45. The van der Waals surface area contributed by atoms with E-state index in [9.17, 15) is 0 Å². The Labute approximate surface area is 115 Å². The first-order valence-electron chi connectivity index (χ1n) is 7.44. The van der Waals surface area contributed by atoms with Crippen LogP contribution in [-0.2, 0) is 6.42 Å². The van der Waals surface area contributed by atoms with Crippen molar-refractivity contribution in [1.82, 2.24) is 5.32 Å². The summed E-state index contributed by atoms with van der Waals surface area (Å²) in [6.45, 7) is 1.15. The second-order valence-electron chi connectivity index (χ2n) is 5.65. The van der Waals surface area contributed by atoms with E-state index in [-0.39, 0.29) is 0 Å². The van der Waals surface area contributed by atoms with Gasteiger partial charge in [-0.15, -0.1) is 0 Å². The van der Waals surface area contributed by atoms with Gasteiger partial charge in [0.1, 0.15) is 5.75 Å². The van der Waals surface area contributed by atoms with E-state index in [1.165, 1.54) is 37.7 Å². The van der Waals surface area contributed by atoms with Crippen molar-refractivity contribution in [3.8, 4) is 5.75 Å². The summed E-state index contributed by atoms with van der Waals surface area (Å²) < 4.78 is 5.32. The van der Waals surface area contributed by atoms with E-state index in [1.54, 1.807) is 18.3 Å². The van der Waals surface area contributed by atoms with Crippen molar-refractivity contribution in [2.24, 2.45) is 0 Å². The standard InChI is InChI=1S/C17H23NO/c1-19-15-7-4-5-13(11-15)12-17-16-8-3-2-6-14(16)9-10-18-17/h4-5,7,11,17-18H,2-3,6,8-10,12H2,1H3. The molecular weight excluding hydrogens is 234 g/mol. The van der Waals surface area contributed by atoms with Gasteiger partial charge in [-0.05, 0) is 62.8 Å². The van der Waals surface area contributed by atoms with Gasteiger partial charge in [-0.2, -0.15) is 0 Å². The molecule has 1 aliphatic heterocycles. The summed E-state index contributed by atoms with van der Waals surface area (Å²) in [7, 11) is 1.74. The summed E-state index contributed by atoms with van der Waals surface area (Å²) in [6, 6.07) is 9.04. The Balaban J connectivity index is 1.78. The third-order valence-corrected chi connectivity index (χ3v) is 4.44. The van der Waals surface area contributed by atoms with Crippen molar-refractivity contribution < 1.29 is 4.74 Å². The summed E-state index contributed by atoms with van der Waals surface area (Å²) >= 11 is 0. The summed E-state index contributed by atoms with van der Waals surface area (Å²) in [6.07, 6.45) is 7.77. The largest absolute Gasteiger partial charge is 0.497 e. The van der Waals surface area contributed by atoms with Gasteiger partial charge in [0.05, 0.1) is 7.11 Å². The van der Waals surface area contributed by atoms with Crippen LogP contribution in [0.3, 0.4) is 0 Å². The molecule has 2 heteroatoms. The Hall–Kier alpha value is -1.28. The van der Waals surface area contributed by atoms with E-state index in [4.69, 9.17) is 4.74 Å². The van der Waals surface area contributed by atoms with Gasteiger partial charge in [0.15, 0.2) is 0 Å². The molecule has 1 aliphatic carbocycles. The number of nitrogens with one attached hydrogen (secondary N) is 1. The molecule has 0 fully saturated rings. The van der Waals surface area contributed by atoms with E-state index >= 15 is 0 Å². The topological polar surface area (TPSA) is 21.3 Å². The van der Waals surface area contributed by atoms with E-state index in [1.807, 2.05) is 6.07 Å². The second-order valence-corrected chi connectivity index (χ2v) is 5.65. The monoisotopic (exact) mass is 257 g/mol. The molecule has 102 valence electrons. The fraction of sp³-hybridized carbons (Fsp3) is 0.529. The molecule has 1 heterocycles. The van der Waals surface area contributed by atoms with Gasteiger partial charge in [-0.25, -0.2) is 0 Å². The Morgan fingerprint density at radius 1 is 1.21 bits per heavy atom. The van der Waals surface area contributed by atoms with Crippen molar-refractivity contribution in [2.75, 3.05) is 13.7 Å². The van der Waals surface area contributed by atoms with E-state index in [0.29, 0.717) is 6.04 Å². The first-order chi connectivity index (χ1) is 9.36. The lowest BCUT2D eigenvalue weighted by molar-refractivity contribution is 0.413. The average molecular weight is 257 g/mol. The molecule has 1 atom stereocenters. The van der Waals surface area contributed by atoms with Crippen LogP contribution in [0.5, 0.6) is 5.75 Å². The Bertz CT molecular complexity index is 474. The molecule has 1 aromatic rings. The maximum absolute atomic E-state index is 5.32. The van der Waals surface area contributed by atoms with Gasteiger partial charge in [0.25, 0.3) is 0 Å². The molecule has 3 rings (SSSR count). The number of hydrogen-bond donors (Lipinski definition) is 1. The molecular formula is C17H23NO. The summed E-state index contributed by atoms with van der Waals surface area (Å²) in [5.74, 6) is 0.964. The molecule has 1 aromatic carbocycles. The molecule has 0 spiro atoms. The zero-order valence-electron chi connectivity index (χ0n) is 11.7. The molecule has 19 heavy (non-hydrogen) atoms. The first kappa shape index (κ1) is 12.7. The van der Waals surface area contributed by atoms with E-state index in [0.717, 1.165) is 18.7 Å². The van der Waals surface area contributed by atoms with Crippen LogP contribution in [-0.4, -0.2) is 19.7 Å². The lowest BCUT2D eigenvalue weighted by atomic mass is 9.81. The second kappa shape index (κ2) is 5.79. The van der Waals surface area contributed by atoms with Gasteiger partial charge in [-0.3, -0.25) is 0 Å². The summed E-state index contributed by atoms with van der Waals surface area (Å²) in [5, 5.41) is 3.71. The lowest BCUT2D eigenvalue weighted by Gasteiger charge is -2.33. The average Bonchev–Trinajstić information content (AvgIpc) is 2.48. The predicted octanol–water partition coefficient (Wildman–Crippen LogP) is 3.47. The number of ether oxygens (including phenoxy) is 1. The highest BCUT2D eigenvalue weighted by molar-refractivity contribution is 5.32. The van der Waals surface area contributed by atoms with Crippen molar-refractivity contribution >= 4 is 0 Å². The molecule has 2 aliphatic rings. The number of rotatable bonds is 3. The molecule has 0 saturated heterocycles. The van der Waals surface area contributed by atoms with Crippen LogP contribution in [0.1, 0.15) is 37.7 Å². The third-order valence-electron chi connectivity index (χ3n) is 4.44. The third kappa shape index (κ3) is 2.84. The number of methoxy groups -OCH3 is 1. The quantitative estimate of drug-likeness (QED) is 0.837. The van der Waals surface area contributed by atoms with Crippen LogP contribution in [0.2, 0.25) is 0 Å². The molecule has 1 unspecified atom stereocenters. The lowest BCUT2D eigenvalue weighted by Crippen LogP contribution is -2.39. The number of benzene rings is 1. The predicted molar refractivity (Wildman–Crippen MR) is 78.6 cm³/mol. The maximum Gasteiger partial charge on any atom is 0.119 e. The highest BCUT2D eigenvalue weighted by Gasteiger charge is 2.24. The van der Waals surface area contributed by atoms with Crippen molar-refractivity contribution in [1.29, 1.82) is 0 Å². The minimum absolute atomic E-state index is 0.552. The van der Waals surface area contributed by atoms with Gasteiger partial charge >= 0.3 is 0 Å². The Kier molecular flexibility index (Phi) is 3.88. The van der Waals surface area contributed by atoms with Crippen molar-refractivity contribution in [3.05, 3.63) is 41.0 Å². The molecule has 0 aromatic heterocycles. The zero-order valence-corrected chi connectivity index (χ0v) is 11.7. The van der Waals surface area contributed by atoms with E-state index in [2.05, 4.69) is 23.5 Å². The normalized spacial score (nSPS) is 23.1. The Morgan fingerprint density at radius 3 is 3.00 bits per heavy atom. The molecule has 0 saturated carbocycles. The van der Waals surface area contributed by atoms with Crippen LogP contribution in [0.15, 0.2) is 35.4 Å². The SMILES string of the molecule is COc1cccc(CC2NCCC3=C2CCCC3)c1. The van der Waals surface area contributed by atoms with Crippen LogP contribution in [0.4, 0.5) is 0 Å². The summed E-state index contributed by atoms with van der Waals surface area (Å²) in [4.78, 5) is 0. The van der Waals surface area contributed by atoms with Gasteiger partial charge in [0, 0.05) is 6.04 Å². The van der Waals surface area contributed by atoms with Gasteiger partial charge in [0.2, 0.25) is 0 Å². The minimum Gasteiger partial charge on any atom is -0.497 e. The smallest absolute Gasteiger partial charge is 0.119 e. The van der Waals surface area contributed by atoms with Crippen LogP contribution >= 0.6 is 0 Å². The molecule has 2 nitrogen and oxygen atoms in total. The van der Waals surface area contributed by atoms with Crippen LogP contribution < -0.4 is 10.1 Å². The Morgan fingerprint density at radius 2 is 2.11 bits per heavy atom. The molecule has 0 bridgehead atoms. The van der Waals surface area contributed by atoms with E-state index < -0.39 is 0 Å². The van der Waals surface area contributed by atoms with Gasteiger partial charge in [-0.1, -0.05) is 23.3 Å². The highest BCUT2D eigenvalue weighted by atomic mass is 16.5. The molecule has 0 radical (unpaired) electrons. The molecule has 1 N–H and O–H groups in total. The van der Waals surface area contributed by atoms with Crippen molar-refractivity contribution in [3.63, 3.8) is 0 Å². The molecule has 0 amide bonds. The number of hydrogen-bond acceptors (Lipinski definition) is 2. The highest BCUT2D eigenvalue weighted by Crippen LogP contribution is 2.32. The summed E-state index contributed by atoms with van der Waals surface area (Å²) in [5.41, 5.74) is 4.83. The van der Waals surface area contributed by atoms with Gasteiger partial charge < -0.3 is 10.1 Å². The first-order valence-corrected chi connectivity index (χ1v) is 7.44. The van der Waals surface area contributed by atoms with Crippen molar-refractivity contribution in [2.45, 2.75) is 44.6 Å². The minimum atomic E-state index is 0.552. The van der Waals surface area contributed by atoms with Crippen LogP contribution in [0.25, 0.3) is 0 Å².